The van der Waals surface area contributed by atoms with Gasteiger partial charge in [0.2, 0.25) is 0 Å². The van der Waals surface area contributed by atoms with Crippen LogP contribution in [0.15, 0.2) is 77.6 Å². The van der Waals surface area contributed by atoms with Crippen LogP contribution in [-0.4, -0.2) is 39.5 Å². The summed E-state index contributed by atoms with van der Waals surface area (Å²) in [7, 11) is 1.59. The molecular formula is C34H36N2O5S. The highest BCUT2D eigenvalue weighted by molar-refractivity contribution is 7.07. The number of hydrogen-bond donors (Lipinski definition) is 1. The van der Waals surface area contributed by atoms with Gasteiger partial charge < -0.3 is 19.5 Å². The molecule has 1 aromatic heterocycles. The molecule has 0 saturated carbocycles. The second-order valence-corrected chi connectivity index (χ2v) is 12.5. The summed E-state index contributed by atoms with van der Waals surface area (Å²) in [6, 6.07) is 20.7. The number of carboxylic acids is 1. The molecule has 1 amide bonds. The van der Waals surface area contributed by atoms with Gasteiger partial charge in [0.1, 0.15) is 23.6 Å². The molecular weight excluding hydrogens is 548 g/mol. The zero-order valence-corrected chi connectivity index (χ0v) is 25.2. The number of aromatic nitrogens is 1. The lowest BCUT2D eigenvalue weighted by Gasteiger charge is -2.40. The predicted octanol–water partition coefficient (Wildman–Crippen LogP) is 6.68. The quantitative estimate of drug-likeness (QED) is 0.248. The molecule has 4 aromatic rings. The van der Waals surface area contributed by atoms with Crippen LogP contribution in [0.1, 0.15) is 65.5 Å². The van der Waals surface area contributed by atoms with Crippen LogP contribution in [0.2, 0.25) is 0 Å². The minimum Gasteiger partial charge on any atom is -0.496 e. The second-order valence-electron chi connectivity index (χ2n) is 11.8. The topological polar surface area (TPSA) is 89.0 Å². The third-order valence-electron chi connectivity index (χ3n) is 7.94. The summed E-state index contributed by atoms with van der Waals surface area (Å²) in [6.45, 7) is 6.72. The van der Waals surface area contributed by atoms with Crippen molar-refractivity contribution in [3.8, 4) is 11.5 Å². The molecule has 1 atom stereocenters. The average Bonchev–Trinajstić information content (AvgIpc) is 3.45. The van der Waals surface area contributed by atoms with Gasteiger partial charge in [0, 0.05) is 23.9 Å². The van der Waals surface area contributed by atoms with Gasteiger partial charge >= 0.3 is 5.97 Å². The Bertz CT molecular complexity index is 1560. The lowest BCUT2D eigenvalue weighted by atomic mass is 9.83. The summed E-state index contributed by atoms with van der Waals surface area (Å²) in [5.74, 6) is -0.124. The highest BCUT2D eigenvalue weighted by atomic mass is 32.1. The minimum atomic E-state index is -1.46. The summed E-state index contributed by atoms with van der Waals surface area (Å²) >= 11 is 1.51. The van der Waals surface area contributed by atoms with Crippen LogP contribution < -0.4 is 9.47 Å². The van der Waals surface area contributed by atoms with Crippen molar-refractivity contribution in [1.29, 1.82) is 0 Å². The number of nitrogens with zero attached hydrogens (tertiary/aromatic N) is 2. The van der Waals surface area contributed by atoms with Crippen LogP contribution >= 0.6 is 11.3 Å². The van der Waals surface area contributed by atoms with Crippen LogP contribution in [-0.2, 0) is 36.2 Å². The summed E-state index contributed by atoms with van der Waals surface area (Å²) in [6.07, 6.45) is 0.969. The van der Waals surface area contributed by atoms with Crippen molar-refractivity contribution < 1.29 is 24.2 Å². The van der Waals surface area contributed by atoms with E-state index in [1.54, 1.807) is 29.7 Å². The van der Waals surface area contributed by atoms with E-state index in [9.17, 15) is 14.7 Å². The van der Waals surface area contributed by atoms with Gasteiger partial charge in [-0.25, -0.2) is 9.78 Å². The average molecular weight is 585 g/mol. The number of aryl methyl sites for hydroxylation is 1. The molecule has 2 heterocycles. The first kappa shape index (κ1) is 29.3. The number of methoxy groups -OCH3 is 1. The van der Waals surface area contributed by atoms with E-state index >= 15 is 0 Å². The van der Waals surface area contributed by atoms with E-state index in [1.165, 1.54) is 11.3 Å². The van der Waals surface area contributed by atoms with Crippen molar-refractivity contribution in [2.75, 3.05) is 7.11 Å². The smallest absolute Gasteiger partial charge is 0.330 e. The number of carbonyl (C=O) groups excluding carboxylic acids is 1. The Labute approximate surface area is 250 Å². The molecule has 0 saturated heterocycles. The molecule has 1 unspecified atom stereocenters. The van der Waals surface area contributed by atoms with Gasteiger partial charge in [-0.2, -0.15) is 0 Å². The van der Waals surface area contributed by atoms with Gasteiger partial charge in [-0.15, -0.1) is 11.3 Å². The zero-order valence-electron chi connectivity index (χ0n) is 24.4. The van der Waals surface area contributed by atoms with Crippen LogP contribution in [0.4, 0.5) is 0 Å². The Balaban J connectivity index is 1.57. The van der Waals surface area contributed by atoms with Gasteiger partial charge in [0.25, 0.3) is 5.91 Å². The summed E-state index contributed by atoms with van der Waals surface area (Å²) in [5.41, 5.74) is 5.04. The van der Waals surface area contributed by atoms with E-state index in [-0.39, 0.29) is 30.7 Å². The number of ether oxygens (including phenoxy) is 2. The number of thiazole rings is 1. The zero-order chi connectivity index (χ0) is 29.9. The Hall–Kier alpha value is -4.17. The number of carbonyl (C=O) groups is 2. The molecule has 1 N–H and O–H groups in total. The Morgan fingerprint density at radius 1 is 1.05 bits per heavy atom. The molecule has 0 spiro atoms. The summed E-state index contributed by atoms with van der Waals surface area (Å²) in [4.78, 5) is 33.6. The van der Waals surface area contributed by atoms with E-state index in [1.807, 2.05) is 60.0 Å². The van der Waals surface area contributed by atoms with Gasteiger partial charge in [-0.1, -0.05) is 63.2 Å². The number of fused-ring (bicyclic) bond motifs is 1. The standard InChI is InChI=1S/C34H36N2O5S/c1-33(2,3)29-13-11-25(17-30(29)40-4)31(37)36-19-26-16-28(41-20-27-21-42-22-35-27)12-10-24(26)14-15-34(36,32(38)39)18-23-8-6-5-7-9-23/h5-13,16-17,21-22H,14-15,18-20H2,1-4H3,(H,38,39). The monoisotopic (exact) mass is 584 g/mol. The maximum Gasteiger partial charge on any atom is 0.330 e. The number of hydrogen-bond acceptors (Lipinski definition) is 6. The molecule has 218 valence electrons. The van der Waals surface area contributed by atoms with E-state index < -0.39 is 11.5 Å². The number of benzene rings is 3. The van der Waals surface area contributed by atoms with Crippen LogP contribution in [0.25, 0.3) is 0 Å². The van der Waals surface area contributed by atoms with Gasteiger partial charge in [-0.3, -0.25) is 4.79 Å². The fourth-order valence-electron chi connectivity index (χ4n) is 5.63. The molecule has 1 aliphatic rings. The third kappa shape index (κ3) is 6.04. The van der Waals surface area contributed by atoms with Crippen molar-refractivity contribution in [2.24, 2.45) is 0 Å². The number of carboxylic acid groups (broad SMARTS) is 1. The molecule has 0 radical (unpaired) electrons. The predicted molar refractivity (Wildman–Crippen MR) is 163 cm³/mol. The molecule has 3 aromatic carbocycles. The van der Waals surface area contributed by atoms with Crippen LogP contribution in [0.5, 0.6) is 11.5 Å². The Morgan fingerprint density at radius 3 is 2.50 bits per heavy atom. The number of aliphatic carboxylic acids is 1. The highest BCUT2D eigenvalue weighted by Crippen LogP contribution is 2.38. The van der Waals surface area contributed by atoms with Crippen molar-refractivity contribution in [3.63, 3.8) is 0 Å². The first-order valence-electron chi connectivity index (χ1n) is 14.0. The third-order valence-corrected chi connectivity index (χ3v) is 8.58. The summed E-state index contributed by atoms with van der Waals surface area (Å²) in [5, 5.41) is 12.8. The molecule has 5 rings (SSSR count). The van der Waals surface area contributed by atoms with Gasteiger partial charge in [0.15, 0.2) is 0 Å². The van der Waals surface area contributed by atoms with E-state index in [0.29, 0.717) is 30.1 Å². The van der Waals surface area contributed by atoms with E-state index in [0.717, 1.165) is 27.9 Å². The largest absolute Gasteiger partial charge is 0.496 e. The molecule has 42 heavy (non-hydrogen) atoms. The van der Waals surface area contributed by atoms with Crippen molar-refractivity contribution in [3.05, 3.63) is 111 Å². The fourth-order valence-corrected chi connectivity index (χ4v) is 6.17. The molecule has 1 aliphatic heterocycles. The van der Waals surface area contributed by atoms with Crippen molar-refractivity contribution in [2.45, 2.75) is 64.1 Å². The second kappa shape index (κ2) is 12.0. The molecule has 8 heteroatoms. The van der Waals surface area contributed by atoms with Gasteiger partial charge in [-0.05, 0) is 64.8 Å². The Kier molecular flexibility index (Phi) is 8.36. The maximum absolute atomic E-state index is 14.4. The normalized spacial score (nSPS) is 16.8. The van der Waals surface area contributed by atoms with Gasteiger partial charge in [0.05, 0.1) is 18.3 Å². The van der Waals surface area contributed by atoms with Crippen molar-refractivity contribution >= 4 is 23.2 Å². The van der Waals surface area contributed by atoms with Crippen LogP contribution in [0.3, 0.4) is 0 Å². The summed E-state index contributed by atoms with van der Waals surface area (Å²) < 4.78 is 11.7. The molecule has 0 bridgehead atoms. The number of amides is 1. The Morgan fingerprint density at radius 2 is 1.83 bits per heavy atom. The fraction of sp³-hybridized carbons (Fsp3) is 0.324. The van der Waals surface area contributed by atoms with E-state index in [2.05, 4.69) is 25.8 Å². The first-order valence-corrected chi connectivity index (χ1v) is 14.9. The van der Waals surface area contributed by atoms with Crippen molar-refractivity contribution in [1.82, 2.24) is 9.88 Å². The first-order chi connectivity index (χ1) is 20.1. The SMILES string of the molecule is COc1cc(C(=O)N2Cc3cc(OCc4cscn4)ccc3CCC2(Cc2ccccc2)C(=O)O)ccc1C(C)(C)C. The maximum atomic E-state index is 14.4. The molecule has 7 nitrogen and oxygen atoms in total. The molecule has 0 aliphatic carbocycles. The highest BCUT2D eigenvalue weighted by Gasteiger charge is 2.48. The van der Waals surface area contributed by atoms with E-state index in [4.69, 9.17) is 9.47 Å². The lowest BCUT2D eigenvalue weighted by Crippen LogP contribution is -2.57. The molecule has 0 fully saturated rings. The minimum absolute atomic E-state index is 0.130. The lowest BCUT2D eigenvalue weighted by molar-refractivity contribution is -0.150. The number of rotatable bonds is 8. The van der Waals surface area contributed by atoms with Crippen LogP contribution in [0, 0.1) is 0 Å².